The predicted octanol–water partition coefficient (Wildman–Crippen LogP) is 18.3. The minimum atomic E-state index is -2.13. The summed E-state index contributed by atoms with van der Waals surface area (Å²) in [6.45, 7) is 12.8. The molecule has 0 atom stereocenters. The van der Waals surface area contributed by atoms with Gasteiger partial charge < -0.3 is 4.43 Å². The van der Waals surface area contributed by atoms with Crippen molar-refractivity contribution in [3.8, 4) is 0 Å². The van der Waals surface area contributed by atoms with Crippen molar-refractivity contribution < 1.29 is 9.22 Å². The molecule has 2 nitrogen and oxygen atoms in total. The maximum atomic E-state index is 13.1. The Morgan fingerprint density at radius 1 is 0.346 bits per heavy atom. The van der Waals surface area contributed by atoms with Gasteiger partial charge in [-0.15, -0.1) is 0 Å². The highest BCUT2D eigenvalue weighted by molar-refractivity contribution is 6.75. The fourth-order valence-electron chi connectivity index (χ4n) is 8.21. The topological polar surface area (TPSA) is 26.3 Å². The molecule has 0 aliphatic heterocycles. The zero-order valence-corrected chi connectivity index (χ0v) is 37.7. The first kappa shape index (κ1) is 51.4. The van der Waals surface area contributed by atoms with E-state index in [4.69, 9.17) is 4.43 Å². The van der Waals surface area contributed by atoms with Crippen molar-refractivity contribution in [2.24, 2.45) is 0 Å². The number of hydrogen-bond donors (Lipinski definition) is 0. The van der Waals surface area contributed by atoms with Gasteiger partial charge in [-0.2, -0.15) is 0 Å². The van der Waals surface area contributed by atoms with Crippen LogP contribution in [0.3, 0.4) is 0 Å². The molecule has 0 spiro atoms. The lowest BCUT2D eigenvalue weighted by Crippen LogP contribution is -2.40. The first-order valence-corrected chi connectivity index (χ1v) is 26.9. The molecule has 0 fully saturated rings. The van der Waals surface area contributed by atoms with Crippen molar-refractivity contribution in [1.29, 1.82) is 0 Å². The Morgan fingerprint density at radius 2 is 0.519 bits per heavy atom. The molecule has 0 radical (unpaired) electrons. The van der Waals surface area contributed by atoms with Crippen molar-refractivity contribution in [1.82, 2.24) is 0 Å². The van der Waals surface area contributed by atoms with Crippen LogP contribution < -0.4 is 0 Å². The highest BCUT2D eigenvalue weighted by Gasteiger charge is 2.37. The van der Waals surface area contributed by atoms with Crippen LogP contribution in [0.25, 0.3) is 0 Å². The summed E-state index contributed by atoms with van der Waals surface area (Å²) in [7, 11) is -2.13. The fourth-order valence-corrected chi connectivity index (χ4v) is 12.5. The average Bonchev–Trinajstić information content (AvgIpc) is 3.14. The summed E-state index contributed by atoms with van der Waals surface area (Å²) in [5, 5.41) is 0. The van der Waals surface area contributed by atoms with Crippen molar-refractivity contribution in [3.63, 3.8) is 0 Å². The summed E-state index contributed by atoms with van der Waals surface area (Å²) in [4.78, 5) is 13.1. The van der Waals surface area contributed by atoms with E-state index in [2.05, 4.69) is 27.4 Å². The Hall–Kier alpha value is -0.573. The minimum absolute atomic E-state index is 0.0919. The van der Waals surface area contributed by atoms with E-state index in [0.717, 1.165) is 0 Å². The molecule has 0 aromatic rings. The lowest BCUT2D eigenvalue weighted by Gasteiger charge is -2.32. The number of hydrogen-bond acceptors (Lipinski definition) is 2. The van der Waals surface area contributed by atoms with Gasteiger partial charge in [0.05, 0.1) is 0 Å². The van der Waals surface area contributed by atoms with Crippen LogP contribution in [0, 0.1) is 0 Å². The second-order valence-corrected chi connectivity index (χ2v) is 21.4. The number of unbranched alkanes of at least 4 members (excludes halogenated alkanes) is 36. The van der Waals surface area contributed by atoms with Gasteiger partial charge in [-0.05, 0) is 25.1 Å². The van der Waals surface area contributed by atoms with Crippen LogP contribution in [0.15, 0.2) is 12.2 Å². The molecule has 0 aromatic heterocycles. The van der Waals surface area contributed by atoms with Crippen LogP contribution >= 0.6 is 0 Å². The standard InChI is InChI=1S/C49H98O2Si/c1-6-9-12-15-18-21-24-27-30-33-36-39-42-45-52(51-49(50)48(4)5,46-43-40-37-34-31-28-25-22-19-16-13-10-7-2)47-44-41-38-35-32-29-26-23-20-17-14-11-8-3/h4,6-47H2,1-3,5H3. The molecular formula is C49H98O2Si. The maximum Gasteiger partial charge on any atom is 0.319 e. The van der Waals surface area contributed by atoms with Gasteiger partial charge in [0, 0.05) is 5.57 Å². The Morgan fingerprint density at radius 3 is 0.692 bits per heavy atom. The zero-order valence-electron chi connectivity index (χ0n) is 36.7. The van der Waals surface area contributed by atoms with Gasteiger partial charge in [-0.25, -0.2) is 4.79 Å². The summed E-state index contributed by atoms with van der Waals surface area (Å²) in [5.74, 6) is -0.0919. The van der Waals surface area contributed by atoms with Crippen molar-refractivity contribution in [2.45, 2.75) is 296 Å². The molecular weight excluding hydrogens is 649 g/mol. The van der Waals surface area contributed by atoms with Crippen LogP contribution in [0.1, 0.15) is 278 Å². The molecule has 0 aliphatic carbocycles. The molecule has 0 unspecified atom stereocenters. The Kier molecular flexibility index (Phi) is 41.1. The third-order valence-corrected chi connectivity index (χ3v) is 16.3. The zero-order chi connectivity index (χ0) is 38.1. The molecule has 0 saturated carbocycles. The van der Waals surface area contributed by atoms with E-state index in [9.17, 15) is 4.79 Å². The summed E-state index contributed by atoms with van der Waals surface area (Å²) in [6, 6.07) is 3.54. The van der Waals surface area contributed by atoms with E-state index in [1.54, 1.807) is 0 Å². The van der Waals surface area contributed by atoms with Gasteiger partial charge in [0.1, 0.15) is 0 Å². The van der Waals surface area contributed by atoms with Crippen molar-refractivity contribution >= 4 is 14.3 Å². The van der Waals surface area contributed by atoms with Crippen molar-refractivity contribution in [2.75, 3.05) is 0 Å². The quantitative estimate of drug-likeness (QED) is 0.0352. The monoisotopic (exact) mass is 747 g/mol. The Bertz CT molecular complexity index is 659. The number of carbonyl (C=O) groups excluding carboxylic acids is 1. The summed E-state index contributed by atoms with van der Waals surface area (Å²) in [5.41, 5.74) is 0.595. The lowest BCUT2D eigenvalue weighted by atomic mass is 10.0. The molecule has 52 heavy (non-hydrogen) atoms. The molecule has 0 rings (SSSR count). The van der Waals surface area contributed by atoms with Gasteiger partial charge in [-0.1, -0.05) is 278 Å². The van der Waals surface area contributed by atoms with E-state index < -0.39 is 8.32 Å². The van der Waals surface area contributed by atoms with Gasteiger partial charge in [0.25, 0.3) is 8.32 Å². The Balaban J connectivity index is 4.69. The fraction of sp³-hybridized carbons (Fsp3) is 0.939. The van der Waals surface area contributed by atoms with Crippen LogP contribution in [0.2, 0.25) is 18.1 Å². The first-order valence-electron chi connectivity index (χ1n) is 24.4. The molecule has 0 amide bonds. The highest BCUT2D eigenvalue weighted by atomic mass is 28.4. The normalized spacial score (nSPS) is 11.8. The number of carbonyl (C=O) groups is 1. The Labute approximate surface area is 330 Å². The largest absolute Gasteiger partial charge is 0.516 e. The molecule has 0 aromatic carbocycles. The summed E-state index contributed by atoms with van der Waals surface area (Å²) < 4.78 is 6.62. The van der Waals surface area contributed by atoms with E-state index in [-0.39, 0.29) is 5.97 Å². The van der Waals surface area contributed by atoms with Crippen LogP contribution in [-0.4, -0.2) is 14.3 Å². The van der Waals surface area contributed by atoms with E-state index in [0.29, 0.717) is 5.57 Å². The van der Waals surface area contributed by atoms with Gasteiger partial charge in [0.15, 0.2) is 0 Å². The van der Waals surface area contributed by atoms with Gasteiger partial charge in [-0.3, -0.25) is 0 Å². The van der Waals surface area contributed by atoms with Crippen LogP contribution in [-0.2, 0) is 9.22 Å². The number of rotatable bonds is 44. The SMILES string of the molecule is C=C(C)C(=O)O[Si](CCCCCCCCCCCCCCC)(CCCCCCCCCCCCCCC)CCCCCCCCCCCCCCC. The summed E-state index contributed by atoms with van der Waals surface area (Å²) in [6.07, 6.45) is 54.2. The third-order valence-electron chi connectivity index (χ3n) is 11.9. The molecule has 0 N–H and O–H groups in total. The highest BCUT2D eigenvalue weighted by Crippen LogP contribution is 2.32. The molecule has 3 heteroatoms. The van der Waals surface area contributed by atoms with E-state index in [1.165, 1.54) is 269 Å². The lowest BCUT2D eigenvalue weighted by molar-refractivity contribution is -0.131. The van der Waals surface area contributed by atoms with Gasteiger partial charge >= 0.3 is 5.97 Å². The third kappa shape index (κ3) is 36.4. The molecule has 310 valence electrons. The van der Waals surface area contributed by atoms with E-state index in [1.807, 2.05) is 6.92 Å². The molecule has 0 saturated heterocycles. The first-order chi connectivity index (χ1) is 25.5. The molecule has 0 bridgehead atoms. The van der Waals surface area contributed by atoms with Crippen LogP contribution in [0.5, 0.6) is 0 Å². The molecule has 0 heterocycles. The van der Waals surface area contributed by atoms with Crippen molar-refractivity contribution in [3.05, 3.63) is 12.2 Å². The van der Waals surface area contributed by atoms with Crippen LogP contribution in [0.4, 0.5) is 0 Å². The minimum Gasteiger partial charge on any atom is -0.516 e. The average molecular weight is 747 g/mol. The maximum absolute atomic E-state index is 13.1. The smallest absolute Gasteiger partial charge is 0.319 e. The summed E-state index contributed by atoms with van der Waals surface area (Å²) >= 11 is 0. The van der Waals surface area contributed by atoms with Gasteiger partial charge in [0.2, 0.25) is 0 Å². The second kappa shape index (κ2) is 41.6. The predicted molar refractivity (Wildman–Crippen MR) is 238 cm³/mol. The molecule has 0 aliphatic rings. The second-order valence-electron chi connectivity index (χ2n) is 17.3. The van der Waals surface area contributed by atoms with E-state index >= 15 is 0 Å².